The highest BCUT2D eigenvalue weighted by molar-refractivity contribution is 7.20. The van der Waals surface area contributed by atoms with E-state index in [1.54, 1.807) is 12.1 Å². The molecule has 0 unspecified atom stereocenters. The van der Waals surface area contributed by atoms with E-state index < -0.39 is 17.6 Å². The highest BCUT2D eigenvalue weighted by Crippen LogP contribution is 2.32. The van der Waals surface area contributed by atoms with Crippen LogP contribution in [0.5, 0.6) is 5.88 Å². The monoisotopic (exact) mass is 579 g/mol. The van der Waals surface area contributed by atoms with Crippen molar-refractivity contribution in [3.63, 3.8) is 0 Å². The number of carbonyl (C=O) groups is 1. The number of imidazole rings is 1. The number of rotatable bonds is 9. The van der Waals surface area contributed by atoms with Crippen LogP contribution < -0.4 is 4.74 Å². The quantitative estimate of drug-likeness (QED) is 0.292. The number of nitriles is 1. The van der Waals surface area contributed by atoms with Crippen LogP contribution >= 0.6 is 11.3 Å². The van der Waals surface area contributed by atoms with E-state index in [-0.39, 0.29) is 40.5 Å². The van der Waals surface area contributed by atoms with Crippen molar-refractivity contribution in [3.05, 3.63) is 75.6 Å². The Labute approximate surface area is 238 Å². The molecule has 41 heavy (non-hydrogen) atoms. The van der Waals surface area contributed by atoms with Gasteiger partial charge in [0.05, 0.1) is 36.3 Å². The summed E-state index contributed by atoms with van der Waals surface area (Å²) in [5.41, 5.74) is 1.97. The van der Waals surface area contributed by atoms with E-state index >= 15 is 0 Å². The van der Waals surface area contributed by atoms with Crippen molar-refractivity contribution in [3.8, 4) is 11.9 Å². The summed E-state index contributed by atoms with van der Waals surface area (Å²) in [4.78, 5) is 24.0. The number of aromatic carboxylic acids is 1. The number of halogens is 2. The minimum absolute atomic E-state index is 0.111. The molecule has 0 radical (unpaired) electrons. The van der Waals surface area contributed by atoms with Crippen molar-refractivity contribution < 1.29 is 28.2 Å². The molecule has 5 heterocycles. The van der Waals surface area contributed by atoms with Crippen LogP contribution in [0.1, 0.15) is 57.5 Å². The lowest BCUT2D eigenvalue weighted by Gasteiger charge is -2.32. The van der Waals surface area contributed by atoms with Gasteiger partial charge in [0.1, 0.15) is 28.0 Å². The Hall–Kier alpha value is -3.92. The molecule has 3 aromatic heterocycles. The molecular weight excluding hydrogens is 552 g/mol. The average molecular weight is 580 g/mol. The third-order valence-corrected chi connectivity index (χ3v) is 8.68. The number of thiophene rings is 1. The maximum atomic E-state index is 14.5. The van der Waals surface area contributed by atoms with E-state index in [4.69, 9.17) is 19.7 Å². The molecule has 2 aliphatic rings. The van der Waals surface area contributed by atoms with Gasteiger partial charge in [0, 0.05) is 23.8 Å². The van der Waals surface area contributed by atoms with E-state index in [2.05, 4.69) is 14.5 Å². The SMILES string of the molecule is N#Cc1ccc(COc2nc(C3CCN(Cc4nc5sc(C(=O)O)cc5n4C[C@@H]4CCO4)CC3)ccc2F)c(F)c1. The number of benzene rings is 1. The van der Waals surface area contributed by atoms with E-state index in [9.17, 15) is 18.7 Å². The average Bonchev–Trinajstić information content (AvgIpc) is 3.49. The Balaban J connectivity index is 1.10. The number of carboxylic acids is 1. The molecule has 4 aromatic rings. The lowest BCUT2D eigenvalue weighted by molar-refractivity contribution is -0.0592. The van der Waals surface area contributed by atoms with Crippen LogP contribution in [0.25, 0.3) is 10.3 Å². The first-order valence-electron chi connectivity index (χ1n) is 13.4. The van der Waals surface area contributed by atoms with Gasteiger partial charge in [-0.15, -0.1) is 11.3 Å². The lowest BCUT2D eigenvalue weighted by Crippen LogP contribution is -2.35. The van der Waals surface area contributed by atoms with Crippen molar-refractivity contribution in [1.82, 2.24) is 19.4 Å². The Morgan fingerprint density at radius 1 is 1.15 bits per heavy atom. The second-order valence-corrected chi connectivity index (χ2v) is 11.3. The van der Waals surface area contributed by atoms with Crippen LogP contribution in [0.2, 0.25) is 0 Å². The number of ether oxygens (including phenoxy) is 2. The van der Waals surface area contributed by atoms with Crippen molar-refractivity contribution in [1.29, 1.82) is 5.26 Å². The Morgan fingerprint density at radius 2 is 1.95 bits per heavy atom. The first-order valence-corrected chi connectivity index (χ1v) is 14.2. The second kappa shape index (κ2) is 11.5. The number of piperidine rings is 1. The lowest BCUT2D eigenvalue weighted by atomic mass is 9.93. The van der Waals surface area contributed by atoms with Crippen LogP contribution in [-0.2, 0) is 24.4 Å². The molecular formula is C29H27F2N5O4S. The zero-order chi connectivity index (χ0) is 28.5. The summed E-state index contributed by atoms with van der Waals surface area (Å²) in [5.74, 6) is -1.32. The molecule has 2 aliphatic heterocycles. The molecule has 0 bridgehead atoms. The van der Waals surface area contributed by atoms with E-state index in [0.717, 1.165) is 66.9 Å². The van der Waals surface area contributed by atoms with Crippen LogP contribution in [0, 0.1) is 23.0 Å². The third kappa shape index (κ3) is 5.79. The summed E-state index contributed by atoms with van der Waals surface area (Å²) in [5, 5.41) is 18.3. The molecule has 0 amide bonds. The predicted molar refractivity (Wildman–Crippen MR) is 146 cm³/mol. The third-order valence-electron chi connectivity index (χ3n) is 7.67. The summed E-state index contributed by atoms with van der Waals surface area (Å²) >= 11 is 1.18. The highest BCUT2D eigenvalue weighted by Gasteiger charge is 2.27. The maximum Gasteiger partial charge on any atom is 0.346 e. The zero-order valence-electron chi connectivity index (χ0n) is 22.1. The smallest absolute Gasteiger partial charge is 0.346 e. The second-order valence-electron chi connectivity index (χ2n) is 10.3. The van der Waals surface area contributed by atoms with Gasteiger partial charge in [-0.2, -0.15) is 5.26 Å². The maximum absolute atomic E-state index is 14.5. The van der Waals surface area contributed by atoms with Gasteiger partial charge in [-0.25, -0.2) is 23.5 Å². The van der Waals surface area contributed by atoms with Crippen LogP contribution in [0.3, 0.4) is 0 Å². The van der Waals surface area contributed by atoms with Crippen LogP contribution in [-0.4, -0.2) is 56.3 Å². The molecule has 9 nitrogen and oxygen atoms in total. The van der Waals surface area contributed by atoms with Gasteiger partial charge in [0.15, 0.2) is 5.82 Å². The predicted octanol–water partition coefficient (Wildman–Crippen LogP) is 5.09. The number of carboxylic acid groups (broad SMARTS) is 1. The molecule has 0 saturated carbocycles. The summed E-state index contributed by atoms with van der Waals surface area (Å²) in [6.07, 6.45) is 2.71. The minimum atomic E-state index is -0.951. The van der Waals surface area contributed by atoms with Gasteiger partial charge in [0.2, 0.25) is 0 Å². The van der Waals surface area contributed by atoms with E-state index in [1.165, 1.54) is 29.5 Å². The zero-order valence-corrected chi connectivity index (χ0v) is 22.9. The van der Waals surface area contributed by atoms with Gasteiger partial charge in [-0.3, -0.25) is 4.90 Å². The van der Waals surface area contributed by atoms with Crippen molar-refractivity contribution in [2.75, 3.05) is 19.7 Å². The molecule has 12 heteroatoms. The van der Waals surface area contributed by atoms with Crippen LogP contribution in [0.15, 0.2) is 36.4 Å². The van der Waals surface area contributed by atoms with Gasteiger partial charge < -0.3 is 19.1 Å². The first-order chi connectivity index (χ1) is 19.9. The topological polar surface area (TPSA) is 114 Å². The number of likely N-dealkylation sites (tertiary alicyclic amines) is 1. The summed E-state index contributed by atoms with van der Waals surface area (Å²) in [7, 11) is 0. The Morgan fingerprint density at radius 3 is 2.63 bits per heavy atom. The first kappa shape index (κ1) is 27.3. The largest absolute Gasteiger partial charge is 0.477 e. The number of nitrogens with zero attached hydrogens (tertiary/aromatic N) is 5. The van der Waals surface area contributed by atoms with E-state index in [1.807, 2.05) is 6.07 Å². The van der Waals surface area contributed by atoms with Crippen molar-refractivity contribution in [2.24, 2.45) is 0 Å². The molecule has 1 N–H and O–H groups in total. The normalized spacial score (nSPS) is 17.8. The summed E-state index contributed by atoms with van der Waals surface area (Å²) < 4.78 is 42.0. The van der Waals surface area contributed by atoms with Crippen molar-refractivity contribution >= 4 is 27.7 Å². The number of aromatic nitrogens is 3. The molecule has 6 rings (SSSR count). The van der Waals surface area contributed by atoms with Gasteiger partial charge in [-0.1, -0.05) is 6.07 Å². The fourth-order valence-corrected chi connectivity index (χ4v) is 6.15. The van der Waals surface area contributed by atoms with Crippen molar-refractivity contribution in [2.45, 2.75) is 51.0 Å². The molecule has 0 aliphatic carbocycles. The molecule has 212 valence electrons. The fourth-order valence-electron chi connectivity index (χ4n) is 5.26. The standard InChI is InChI=1S/C29H27F2N5O4S/c30-21-3-4-23(33-27(21)40-16-19-2-1-17(13-32)11-22(19)31)18-5-8-35(9-6-18)15-26-34-28-24(12-25(41-28)29(37)38)36(26)14-20-7-10-39-20/h1-4,11-12,18,20H,5-10,14-16H2,(H,37,38)/t20-/m0/s1. The Bertz CT molecular complexity index is 1640. The van der Waals surface area contributed by atoms with Gasteiger partial charge in [-0.05, 0) is 62.7 Å². The molecule has 2 saturated heterocycles. The summed E-state index contributed by atoms with van der Waals surface area (Å²) in [6.45, 7) is 3.39. The highest BCUT2D eigenvalue weighted by atomic mass is 32.1. The molecule has 2 fully saturated rings. The molecule has 0 spiro atoms. The number of hydrogen-bond acceptors (Lipinski definition) is 8. The molecule has 1 atom stereocenters. The molecule has 1 aromatic carbocycles. The van der Waals surface area contributed by atoms with Crippen LogP contribution in [0.4, 0.5) is 8.78 Å². The number of fused-ring (bicyclic) bond motifs is 1. The van der Waals surface area contributed by atoms with Gasteiger partial charge in [0.25, 0.3) is 5.88 Å². The Kier molecular flexibility index (Phi) is 7.66. The number of pyridine rings is 1. The fraction of sp³-hybridized carbons (Fsp3) is 0.379. The van der Waals surface area contributed by atoms with Gasteiger partial charge >= 0.3 is 5.97 Å². The summed E-state index contributed by atoms with van der Waals surface area (Å²) in [6, 6.07) is 10.6. The minimum Gasteiger partial charge on any atom is -0.477 e. The number of hydrogen-bond donors (Lipinski definition) is 1. The van der Waals surface area contributed by atoms with E-state index in [0.29, 0.717) is 13.1 Å².